The van der Waals surface area contributed by atoms with E-state index < -0.39 is 29.1 Å². The van der Waals surface area contributed by atoms with Gasteiger partial charge in [-0.15, -0.1) is 6.58 Å². The summed E-state index contributed by atoms with van der Waals surface area (Å²) in [5, 5.41) is 2.47. The van der Waals surface area contributed by atoms with Crippen molar-refractivity contribution in [3.63, 3.8) is 0 Å². The van der Waals surface area contributed by atoms with Crippen LogP contribution in [-0.2, 0) is 11.8 Å². The van der Waals surface area contributed by atoms with Crippen molar-refractivity contribution < 1.29 is 23.2 Å². The first kappa shape index (κ1) is 20.2. The Morgan fingerprint density at radius 2 is 1.85 bits per heavy atom. The summed E-state index contributed by atoms with van der Waals surface area (Å²) >= 11 is 0. The largest absolute Gasteiger partial charge is 0.343 e. The molecular weight excluding hydrogens is 354 g/mol. The van der Waals surface area contributed by atoms with Crippen molar-refractivity contribution in [1.82, 2.24) is 4.57 Å². The van der Waals surface area contributed by atoms with Gasteiger partial charge in [-0.1, -0.05) is 6.08 Å². The maximum Gasteiger partial charge on any atom is 0.272 e. The molecule has 0 atom stereocenters. The SMILES string of the molecule is C=CCCC(=O)C(=O)c1c(C)c(C(=O)Nc2ccc(F)c(F)c2)n(C)c1C. The summed E-state index contributed by atoms with van der Waals surface area (Å²) in [5.41, 5.74) is 1.25. The zero-order valence-corrected chi connectivity index (χ0v) is 15.4. The Balaban J connectivity index is 2.36. The molecule has 5 nitrogen and oxygen atoms in total. The highest BCUT2D eigenvalue weighted by Crippen LogP contribution is 2.24. The number of halogens is 2. The van der Waals surface area contributed by atoms with Crippen LogP contribution in [0.1, 0.15) is 44.9 Å². The number of Topliss-reactive ketones (excluding diaryl/α,β-unsaturated/α-hetero) is 2. The predicted octanol–water partition coefficient (Wildman–Crippen LogP) is 3.89. The van der Waals surface area contributed by atoms with Crippen LogP contribution in [0.2, 0.25) is 0 Å². The van der Waals surface area contributed by atoms with Crippen LogP contribution < -0.4 is 5.32 Å². The molecule has 0 spiro atoms. The Kier molecular flexibility index (Phi) is 6.05. The first-order valence-electron chi connectivity index (χ1n) is 8.29. The number of hydrogen-bond acceptors (Lipinski definition) is 3. The maximum absolute atomic E-state index is 13.3. The lowest BCUT2D eigenvalue weighted by atomic mass is 10.00. The molecule has 0 aliphatic heterocycles. The molecule has 0 aliphatic carbocycles. The number of carbonyl (C=O) groups is 3. The summed E-state index contributed by atoms with van der Waals surface area (Å²) < 4.78 is 27.9. The van der Waals surface area contributed by atoms with Crippen molar-refractivity contribution >= 4 is 23.2 Å². The molecule has 2 aromatic rings. The highest BCUT2D eigenvalue weighted by Gasteiger charge is 2.28. The molecule has 142 valence electrons. The molecule has 0 saturated heterocycles. The van der Waals surface area contributed by atoms with Gasteiger partial charge in [0.25, 0.3) is 5.91 Å². The Morgan fingerprint density at radius 3 is 2.44 bits per heavy atom. The van der Waals surface area contributed by atoms with Crippen LogP contribution in [0.15, 0.2) is 30.9 Å². The molecule has 0 fully saturated rings. The molecule has 27 heavy (non-hydrogen) atoms. The molecule has 0 radical (unpaired) electrons. The molecule has 1 aromatic heterocycles. The fraction of sp³-hybridized carbons (Fsp3) is 0.250. The van der Waals surface area contributed by atoms with E-state index in [2.05, 4.69) is 11.9 Å². The minimum Gasteiger partial charge on any atom is -0.343 e. The zero-order valence-electron chi connectivity index (χ0n) is 15.4. The molecule has 1 aromatic carbocycles. The van der Waals surface area contributed by atoms with E-state index in [4.69, 9.17) is 0 Å². The normalized spacial score (nSPS) is 10.6. The number of anilines is 1. The van der Waals surface area contributed by atoms with Crippen LogP contribution in [0, 0.1) is 25.5 Å². The van der Waals surface area contributed by atoms with Gasteiger partial charge in [0.2, 0.25) is 11.6 Å². The van der Waals surface area contributed by atoms with Crippen molar-refractivity contribution in [3.8, 4) is 0 Å². The summed E-state index contributed by atoms with van der Waals surface area (Å²) in [6.45, 7) is 6.73. The number of nitrogens with zero attached hydrogens (tertiary/aromatic N) is 1. The van der Waals surface area contributed by atoms with Gasteiger partial charge in [0.15, 0.2) is 11.6 Å². The molecule has 7 heteroatoms. The van der Waals surface area contributed by atoms with Gasteiger partial charge >= 0.3 is 0 Å². The number of aromatic nitrogens is 1. The summed E-state index contributed by atoms with van der Waals surface area (Å²) in [7, 11) is 1.59. The van der Waals surface area contributed by atoms with Gasteiger partial charge in [-0.2, -0.15) is 0 Å². The van der Waals surface area contributed by atoms with Crippen molar-refractivity contribution in [3.05, 3.63) is 65.0 Å². The van der Waals surface area contributed by atoms with Crippen LogP contribution in [0.4, 0.5) is 14.5 Å². The lowest BCUT2D eigenvalue weighted by Crippen LogP contribution is -2.17. The minimum atomic E-state index is -1.09. The van der Waals surface area contributed by atoms with E-state index in [9.17, 15) is 23.2 Å². The second kappa shape index (κ2) is 8.07. The van der Waals surface area contributed by atoms with Crippen LogP contribution in [-0.4, -0.2) is 22.0 Å². The number of carbonyl (C=O) groups excluding carboxylic acids is 3. The second-order valence-electron chi connectivity index (χ2n) is 6.16. The number of benzene rings is 1. The Labute approximate surface area is 155 Å². The average Bonchev–Trinajstić information content (AvgIpc) is 2.84. The van der Waals surface area contributed by atoms with Gasteiger partial charge in [0.1, 0.15) is 5.69 Å². The molecule has 1 heterocycles. The van der Waals surface area contributed by atoms with E-state index >= 15 is 0 Å². The smallest absolute Gasteiger partial charge is 0.272 e. The molecule has 0 unspecified atom stereocenters. The number of nitrogens with one attached hydrogen (secondary N) is 1. The Hall–Kier alpha value is -3.09. The predicted molar refractivity (Wildman–Crippen MR) is 98.0 cm³/mol. The first-order valence-corrected chi connectivity index (χ1v) is 8.29. The van der Waals surface area contributed by atoms with Gasteiger partial charge in [-0.25, -0.2) is 8.78 Å². The van der Waals surface area contributed by atoms with Crippen molar-refractivity contribution in [2.24, 2.45) is 7.05 Å². The molecule has 1 N–H and O–H groups in total. The lowest BCUT2D eigenvalue weighted by molar-refractivity contribution is -0.115. The molecule has 0 bridgehead atoms. The van der Waals surface area contributed by atoms with Crippen LogP contribution >= 0.6 is 0 Å². The Bertz CT molecular complexity index is 945. The van der Waals surface area contributed by atoms with E-state index in [1.165, 1.54) is 10.6 Å². The van der Waals surface area contributed by atoms with Crippen LogP contribution in [0.25, 0.3) is 0 Å². The van der Waals surface area contributed by atoms with E-state index in [-0.39, 0.29) is 23.4 Å². The van der Waals surface area contributed by atoms with E-state index in [0.717, 1.165) is 12.1 Å². The first-order chi connectivity index (χ1) is 12.7. The second-order valence-corrected chi connectivity index (χ2v) is 6.16. The summed E-state index contributed by atoms with van der Waals surface area (Å²) in [6, 6.07) is 3.00. The lowest BCUT2D eigenvalue weighted by Gasteiger charge is -2.08. The third-order valence-corrected chi connectivity index (χ3v) is 4.38. The van der Waals surface area contributed by atoms with Crippen LogP contribution in [0.3, 0.4) is 0 Å². The summed E-state index contributed by atoms with van der Waals surface area (Å²) in [5.74, 6) is -3.92. The van der Waals surface area contributed by atoms with Crippen molar-refractivity contribution in [2.75, 3.05) is 5.32 Å². The van der Waals surface area contributed by atoms with Crippen molar-refractivity contribution in [2.45, 2.75) is 26.7 Å². The fourth-order valence-corrected chi connectivity index (χ4v) is 2.88. The third-order valence-electron chi connectivity index (χ3n) is 4.38. The van der Waals surface area contributed by atoms with Crippen LogP contribution in [0.5, 0.6) is 0 Å². The van der Waals surface area contributed by atoms with Gasteiger partial charge in [0, 0.05) is 30.9 Å². The van der Waals surface area contributed by atoms with E-state index in [1.54, 1.807) is 27.0 Å². The van der Waals surface area contributed by atoms with Gasteiger partial charge < -0.3 is 9.88 Å². The fourth-order valence-electron chi connectivity index (χ4n) is 2.88. The molecule has 0 saturated carbocycles. The van der Waals surface area contributed by atoms with E-state index in [0.29, 0.717) is 17.7 Å². The summed E-state index contributed by atoms with van der Waals surface area (Å²) in [6.07, 6.45) is 1.99. The van der Waals surface area contributed by atoms with Gasteiger partial charge in [-0.3, -0.25) is 14.4 Å². The third kappa shape index (κ3) is 4.02. The minimum absolute atomic E-state index is 0.0481. The monoisotopic (exact) mass is 374 g/mol. The quantitative estimate of drug-likeness (QED) is 0.454. The summed E-state index contributed by atoms with van der Waals surface area (Å²) in [4.78, 5) is 37.2. The molecule has 1 amide bonds. The standard InChI is InChI=1S/C20H20F2N2O3/c1-5-6-7-16(25)19(26)17-11(2)18(24(4)12(17)3)20(27)23-13-8-9-14(21)15(22)10-13/h5,8-10H,1,6-7H2,2-4H3,(H,23,27). The topological polar surface area (TPSA) is 68.2 Å². The van der Waals surface area contributed by atoms with Crippen molar-refractivity contribution in [1.29, 1.82) is 0 Å². The highest BCUT2D eigenvalue weighted by atomic mass is 19.2. The van der Waals surface area contributed by atoms with Gasteiger partial charge in [0.05, 0.1) is 5.56 Å². The van der Waals surface area contributed by atoms with Gasteiger partial charge in [-0.05, 0) is 38.0 Å². The molecular formula is C20H20F2N2O3. The molecule has 2 rings (SSSR count). The number of amides is 1. The highest BCUT2D eigenvalue weighted by molar-refractivity contribution is 6.44. The number of ketones is 2. The molecule has 0 aliphatic rings. The van der Waals surface area contributed by atoms with E-state index in [1.807, 2.05) is 0 Å². The number of rotatable bonds is 7. The Morgan fingerprint density at radius 1 is 1.19 bits per heavy atom. The maximum atomic E-state index is 13.3. The average molecular weight is 374 g/mol. The number of hydrogen-bond donors (Lipinski definition) is 1. The zero-order chi connectivity index (χ0) is 20.3. The number of allylic oxidation sites excluding steroid dienone is 1.